The molecule has 7 heteroatoms. The molecular weight excluding hydrogens is 270 g/mol. The van der Waals surface area contributed by atoms with Crippen LogP contribution in [0.25, 0.3) is 5.65 Å². The minimum Gasteiger partial charge on any atom is -0.467 e. The molecule has 0 radical (unpaired) electrons. The van der Waals surface area contributed by atoms with Crippen LogP contribution in [-0.4, -0.2) is 39.5 Å². The Labute approximate surface area is 121 Å². The lowest BCUT2D eigenvalue weighted by Crippen LogP contribution is -2.39. The van der Waals surface area contributed by atoms with E-state index in [0.717, 1.165) is 29.6 Å². The predicted octanol–water partition coefficient (Wildman–Crippen LogP) is 1.60. The molecule has 1 saturated heterocycles. The monoisotopic (exact) mass is 285 g/mol. The van der Waals surface area contributed by atoms with Crippen molar-refractivity contribution >= 4 is 11.5 Å². The van der Waals surface area contributed by atoms with Gasteiger partial charge in [0, 0.05) is 6.54 Å². The fourth-order valence-electron chi connectivity index (χ4n) is 2.56. The highest BCUT2D eigenvalue weighted by molar-refractivity contribution is 5.46. The topological polar surface area (TPSA) is 68.7 Å². The fraction of sp³-hybridized carbons (Fsp3) is 0.357. The van der Waals surface area contributed by atoms with Gasteiger partial charge < -0.3 is 14.1 Å². The molecule has 3 aromatic rings. The summed E-state index contributed by atoms with van der Waals surface area (Å²) in [5, 5.41) is 12.7. The molecule has 1 fully saturated rings. The number of aromatic nitrogens is 4. The van der Waals surface area contributed by atoms with Crippen molar-refractivity contribution in [2.45, 2.75) is 13.0 Å². The summed E-state index contributed by atoms with van der Waals surface area (Å²) in [5.41, 5.74) is 0.757. The molecule has 1 aliphatic rings. The smallest absolute Gasteiger partial charge is 0.178 e. The molecule has 0 bridgehead atoms. The van der Waals surface area contributed by atoms with Gasteiger partial charge in [-0.3, -0.25) is 0 Å². The number of anilines is 1. The molecule has 1 unspecified atom stereocenters. The van der Waals surface area contributed by atoms with E-state index in [-0.39, 0.29) is 6.10 Å². The summed E-state index contributed by atoms with van der Waals surface area (Å²) in [5.74, 6) is 2.52. The van der Waals surface area contributed by atoms with Crippen LogP contribution in [0.1, 0.15) is 17.7 Å². The highest BCUT2D eigenvalue weighted by Gasteiger charge is 2.25. The van der Waals surface area contributed by atoms with E-state index < -0.39 is 0 Å². The summed E-state index contributed by atoms with van der Waals surface area (Å²) in [4.78, 5) is 2.19. The number of nitrogens with zero attached hydrogens (tertiary/aromatic N) is 5. The molecule has 0 saturated carbocycles. The van der Waals surface area contributed by atoms with Crippen molar-refractivity contribution in [3.05, 3.63) is 42.1 Å². The minimum atomic E-state index is -0.0618. The van der Waals surface area contributed by atoms with Gasteiger partial charge in [-0.15, -0.1) is 15.3 Å². The number of ether oxygens (including phenoxy) is 1. The van der Waals surface area contributed by atoms with Crippen LogP contribution in [0.5, 0.6) is 0 Å². The minimum absolute atomic E-state index is 0.0618. The van der Waals surface area contributed by atoms with E-state index in [2.05, 4.69) is 20.2 Å². The Kier molecular flexibility index (Phi) is 2.85. The van der Waals surface area contributed by atoms with Gasteiger partial charge in [-0.2, -0.15) is 4.52 Å². The molecule has 1 atom stereocenters. The third kappa shape index (κ3) is 2.15. The number of aryl methyl sites for hydroxylation is 1. The number of hydrogen-bond donors (Lipinski definition) is 0. The lowest BCUT2D eigenvalue weighted by Gasteiger charge is -2.32. The van der Waals surface area contributed by atoms with E-state index in [9.17, 15) is 0 Å². The molecule has 0 spiro atoms. The SMILES string of the molecule is Cc1nnc2ccc(N3CCOC(c4ccco4)C3)nn12. The summed E-state index contributed by atoms with van der Waals surface area (Å²) in [6.45, 7) is 4.05. The first-order chi connectivity index (χ1) is 10.3. The van der Waals surface area contributed by atoms with Crippen LogP contribution in [0.15, 0.2) is 34.9 Å². The molecule has 7 nitrogen and oxygen atoms in total. The van der Waals surface area contributed by atoms with Gasteiger partial charge in [-0.1, -0.05) is 0 Å². The maximum atomic E-state index is 5.78. The van der Waals surface area contributed by atoms with Crippen molar-refractivity contribution in [1.29, 1.82) is 0 Å². The van der Waals surface area contributed by atoms with Gasteiger partial charge in [0.1, 0.15) is 17.7 Å². The summed E-state index contributed by atoms with van der Waals surface area (Å²) < 4.78 is 13.0. The van der Waals surface area contributed by atoms with E-state index in [4.69, 9.17) is 9.15 Å². The average molecular weight is 285 g/mol. The Morgan fingerprint density at radius 2 is 2.19 bits per heavy atom. The van der Waals surface area contributed by atoms with Gasteiger partial charge in [0.05, 0.1) is 19.4 Å². The van der Waals surface area contributed by atoms with Crippen molar-refractivity contribution in [1.82, 2.24) is 19.8 Å². The van der Waals surface area contributed by atoms with Crippen LogP contribution < -0.4 is 4.90 Å². The largest absolute Gasteiger partial charge is 0.467 e. The second-order valence-corrected chi connectivity index (χ2v) is 5.03. The number of fused-ring (bicyclic) bond motifs is 1. The third-order valence-corrected chi connectivity index (χ3v) is 3.66. The zero-order valence-corrected chi connectivity index (χ0v) is 11.6. The molecular formula is C14H15N5O2. The zero-order valence-electron chi connectivity index (χ0n) is 11.6. The third-order valence-electron chi connectivity index (χ3n) is 3.66. The van der Waals surface area contributed by atoms with Gasteiger partial charge in [0.25, 0.3) is 0 Å². The highest BCUT2D eigenvalue weighted by atomic mass is 16.5. The van der Waals surface area contributed by atoms with Crippen molar-refractivity contribution in [2.75, 3.05) is 24.6 Å². The summed E-state index contributed by atoms with van der Waals surface area (Å²) in [6.07, 6.45) is 1.61. The van der Waals surface area contributed by atoms with Crippen molar-refractivity contribution < 1.29 is 9.15 Å². The first-order valence-corrected chi connectivity index (χ1v) is 6.90. The molecule has 0 aromatic carbocycles. The normalized spacial score (nSPS) is 19.3. The number of hydrogen-bond acceptors (Lipinski definition) is 6. The average Bonchev–Trinajstić information content (AvgIpc) is 3.18. The second-order valence-electron chi connectivity index (χ2n) is 5.03. The Balaban J connectivity index is 1.63. The van der Waals surface area contributed by atoms with Crippen LogP contribution in [0, 0.1) is 6.92 Å². The van der Waals surface area contributed by atoms with Crippen molar-refractivity contribution in [3.63, 3.8) is 0 Å². The maximum absolute atomic E-state index is 5.78. The Morgan fingerprint density at radius 1 is 1.24 bits per heavy atom. The van der Waals surface area contributed by atoms with E-state index in [1.807, 2.05) is 31.2 Å². The quantitative estimate of drug-likeness (QED) is 0.712. The summed E-state index contributed by atoms with van der Waals surface area (Å²) >= 11 is 0. The van der Waals surface area contributed by atoms with Crippen LogP contribution >= 0.6 is 0 Å². The van der Waals surface area contributed by atoms with Crippen LogP contribution in [0.3, 0.4) is 0 Å². The second kappa shape index (κ2) is 4.85. The Hall–Kier alpha value is -2.41. The van der Waals surface area contributed by atoms with Gasteiger partial charge in [-0.05, 0) is 31.2 Å². The van der Waals surface area contributed by atoms with E-state index in [1.54, 1.807) is 10.8 Å². The van der Waals surface area contributed by atoms with Gasteiger partial charge in [-0.25, -0.2) is 0 Å². The zero-order chi connectivity index (χ0) is 14.2. The molecule has 4 rings (SSSR count). The van der Waals surface area contributed by atoms with E-state index in [1.165, 1.54) is 0 Å². The first kappa shape index (κ1) is 12.3. The van der Waals surface area contributed by atoms with E-state index in [0.29, 0.717) is 13.2 Å². The fourth-order valence-corrected chi connectivity index (χ4v) is 2.56. The number of rotatable bonds is 2. The van der Waals surface area contributed by atoms with Crippen LogP contribution in [0.4, 0.5) is 5.82 Å². The molecule has 3 aromatic heterocycles. The Bertz CT molecular complexity index is 752. The number of morpholine rings is 1. The first-order valence-electron chi connectivity index (χ1n) is 6.90. The maximum Gasteiger partial charge on any atom is 0.178 e. The standard InChI is InChI=1S/C14H15N5O2/c1-10-15-16-13-4-5-14(17-19(10)13)18-6-8-21-12(9-18)11-3-2-7-20-11/h2-5,7,12H,6,8-9H2,1H3. The molecule has 0 aliphatic carbocycles. The molecule has 1 aliphatic heterocycles. The molecule has 21 heavy (non-hydrogen) atoms. The van der Waals surface area contributed by atoms with Gasteiger partial charge in [0.2, 0.25) is 0 Å². The van der Waals surface area contributed by atoms with Crippen molar-refractivity contribution in [2.24, 2.45) is 0 Å². The molecule has 0 N–H and O–H groups in total. The van der Waals surface area contributed by atoms with Crippen LogP contribution in [0.2, 0.25) is 0 Å². The molecule has 108 valence electrons. The predicted molar refractivity (Wildman–Crippen MR) is 75.1 cm³/mol. The van der Waals surface area contributed by atoms with E-state index >= 15 is 0 Å². The summed E-state index contributed by atoms with van der Waals surface area (Å²) in [7, 11) is 0. The molecule has 0 amide bonds. The lowest BCUT2D eigenvalue weighted by molar-refractivity contribution is 0.0254. The Morgan fingerprint density at radius 3 is 3.05 bits per heavy atom. The number of furan rings is 1. The van der Waals surface area contributed by atoms with Gasteiger partial charge >= 0.3 is 0 Å². The van der Waals surface area contributed by atoms with Crippen molar-refractivity contribution in [3.8, 4) is 0 Å². The lowest BCUT2D eigenvalue weighted by atomic mass is 10.2. The highest BCUT2D eigenvalue weighted by Crippen LogP contribution is 2.25. The van der Waals surface area contributed by atoms with Crippen LogP contribution in [-0.2, 0) is 4.74 Å². The van der Waals surface area contributed by atoms with Gasteiger partial charge in [0.15, 0.2) is 11.5 Å². The molecule has 4 heterocycles. The summed E-state index contributed by atoms with van der Waals surface area (Å²) in [6, 6.07) is 7.71.